The summed E-state index contributed by atoms with van der Waals surface area (Å²) >= 11 is 0. The van der Waals surface area contributed by atoms with Crippen molar-refractivity contribution < 1.29 is 0 Å². The second kappa shape index (κ2) is 4.51. The van der Waals surface area contributed by atoms with Crippen LogP contribution in [-0.2, 0) is 0 Å². The zero-order valence-electron chi connectivity index (χ0n) is 6.77. The number of hydrogen-bond acceptors (Lipinski definition) is 1. The first-order chi connectivity index (χ1) is 4.93. The summed E-state index contributed by atoms with van der Waals surface area (Å²) in [4.78, 5) is 0. The third kappa shape index (κ3) is 2.53. The quantitative estimate of drug-likeness (QED) is 0.577. The highest BCUT2D eigenvalue weighted by atomic mass is 14.9. The van der Waals surface area contributed by atoms with Gasteiger partial charge in [-0.1, -0.05) is 12.2 Å². The van der Waals surface area contributed by atoms with Gasteiger partial charge in [0, 0.05) is 0 Å². The van der Waals surface area contributed by atoms with E-state index in [0.29, 0.717) is 0 Å². The molecular weight excluding hydrogens is 122 g/mol. The van der Waals surface area contributed by atoms with E-state index < -0.39 is 0 Å². The molecule has 0 saturated carbocycles. The van der Waals surface area contributed by atoms with Crippen molar-refractivity contribution in [3.8, 4) is 0 Å². The molecule has 0 aromatic heterocycles. The molecule has 1 heterocycles. The van der Waals surface area contributed by atoms with Crippen molar-refractivity contribution in [3.05, 3.63) is 12.2 Å². The van der Waals surface area contributed by atoms with E-state index in [1.54, 1.807) is 0 Å². The topological polar surface area (TPSA) is 12.0 Å². The molecule has 1 fully saturated rings. The molecule has 1 aliphatic heterocycles. The fraction of sp³-hybridized carbons (Fsp3) is 0.778. The van der Waals surface area contributed by atoms with Gasteiger partial charge in [0.05, 0.1) is 0 Å². The van der Waals surface area contributed by atoms with Crippen molar-refractivity contribution in [1.29, 1.82) is 0 Å². The Morgan fingerprint density at radius 2 is 2.50 bits per heavy atom. The molecule has 0 aromatic rings. The van der Waals surface area contributed by atoms with Gasteiger partial charge >= 0.3 is 0 Å². The van der Waals surface area contributed by atoms with Crippen LogP contribution in [0.1, 0.15) is 26.2 Å². The summed E-state index contributed by atoms with van der Waals surface area (Å²) in [5.74, 6) is 0.907. The van der Waals surface area contributed by atoms with E-state index in [4.69, 9.17) is 0 Å². The summed E-state index contributed by atoms with van der Waals surface area (Å²) in [7, 11) is 0. The van der Waals surface area contributed by atoms with Crippen molar-refractivity contribution in [2.75, 3.05) is 13.1 Å². The van der Waals surface area contributed by atoms with Crippen LogP contribution in [0.3, 0.4) is 0 Å². The highest BCUT2D eigenvalue weighted by Crippen LogP contribution is 2.13. The average Bonchev–Trinajstić information content (AvgIpc) is 2.03. The predicted octanol–water partition coefficient (Wildman–Crippen LogP) is 1.95. The molecule has 1 unspecified atom stereocenters. The van der Waals surface area contributed by atoms with Gasteiger partial charge in [-0.15, -0.1) is 0 Å². The molecule has 58 valence electrons. The van der Waals surface area contributed by atoms with Gasteiger partial charge in [-0.25, -0.2) is 0 Å². The van der Waals surface area contributed by atoms with Crippen LogP contribution >= 0.6 is 0 Å². The minimum Gasteiger partial charge on any atom is -0.316 e. The summed E-state index contributed by atoms with van der Waals surface area (Å²) in [5.41, 5.74) is 0. The minimum atomic E-state index is 0.907. The number of hydrogen-bond donors (Lipinski definition) is 1. The Hall–Kier alpha value is -0.300. The van der Waals surface area contributed by atoms with E-state index in [2.05, 4.69) is 24.4 Å². The second-order valence-corrected chi connectivity index (χ2v) is 3.02. The predicted molar refractivity (Wildman–Crippen MR) is 45.0 cm³/mol. The lowest BCUT2D eigenvalue weighted by molar-refractivity contribution is 0.381. The van der Waals surface area contributed by atoms with Crippen LogP contribution < -0.4 is 5.32 Å². The van der Waals surface area contributed by atoms with Crippen LogP contribution in [0.2, 0.25) is 0 Å². The van der Waals surface area contributed by atoms with Crippen LogP contribution in [0.15, 0.2) is 12.2 Å². The Morgan fingerprint density at radius 1 is 1.60 bits per heavy atom. The van der Waals surface area contributed by atoms with E-state index in [1.165, 1.54) is 32.4 Å². The Bertz CT molecular complexity index is 101. The zero-order chi connectivity index (χ0) is 7.23. The van der Waals surface area contributed by atoms with E-state index in [0.717, 1.165) is 5.92 Å². The van der Waals surface area contributed by atoms with Gasteiger partial charge in [-0.05, 0) is 45.2 Å². The monoisotopic (exact) mass is 139 g/mol. The SMILES string of the molecule is C/C=C\CC1CCCNC1. The summed E-state index contributed by atoms with van der Waals surface area (Å²) in [5, 5.41) is 3.41. The summed E-state index contributed by atoms with van der Waals surface area (Å²) in [6.45, 7) is 4.55. The van der Waals surface area contributed by atoms with Crippen molar-refractivity contribution in [2.24, 2.45) is 5.92 Å². The minimum absolute atomic E-state index is 0.907. The maximum absolute atomic E-state index is 3.41. The third-order valence-corrected chi connectivity index (χ3v) is 2.10. The average molecular weight is 139 g/mol. The van der Waals surface area contributed by atoms with E-state index >= 15 is 0 Å². The summed E-state index contributed by atoms with van der Waals surface area (Å²) in [6.07, 6.45) is 8.47. The molecule has 0 radical (unpaired) electrons. The Labute approximate surface area is 63.5 Å². The number of piperidine rings is 1. The van der Waals surface area contributed by atoms with Crippen LogP contribution in [0.5, 0.6) is 0 Å². The van der Waals surface area contributed by atoms with Gasteiger partial charge in [0.2, 0.25) is 0 Å². The van der Waals surface area contributed by atoms with Crippen LogP contribution in [0.4, 0.5) is 0 Å². The Morgan fingerprint density at radius 3 is 3.10 bits per heavy atom. The lowest BCUT2D eigenvalue weighted by Crippen LogP contribution is -2.29. The Kier molecular flexibility index (Phi) is 3.52. The van der Waals surface area contributed by atoms with Crippen molar-refractivity contribution in [1.82, 2.24) is 5.32 Å². The molecule has 1 saturated heterocycles. The summed E-state index contributed by atoms with van der Waals surface area (Å²) in [6, 6.07) is 0. The van der Waals surface area contributed by atoms with Gasteiger partial charge < -0.3 is 5.32 Å². The van der Waals surface area contributed by atoms with Gasteiger partial charge in [-0.3, -0.25) is 0 Å². The molecule has 1 N–H and O–H groups in total. The molecule has 1 aliphatic rings. The van der Waals surface area contributed by atoms with Crippen LogP contribution in [0.25, 0.3) is 0 Å². The fourth-order valence-corrected chi connectivity index (χ4v) is 1.45. The first-order valence-electron chi connectivity index (χ1n) is 4.25. The van der Waals surface area contributed by atoms with Crippen molar-refractivity contribution in [3.63, 3.8) is 0 Å². The van der Waals surface area contributed by atoms with Crippen molar-refractivity contribution in [2.45, 2.75) is 26.2 Å². The molecule has 1 rings (SSSR count). The lowest BCUT2D eigenvalue weighted by atomic mass is 9.96. The molecule has 1 nitrogen and oxygen atoms in total. The van der Waals surface area contributed by atoms with E-state index in [9.17, 15) is 0 Å². The number of nitrogens with one attached hydrogen (secondary N) is 1. The maximum atomic E-state index is 3.41. The van der Waals surface area contributed by atoms with Gasteiger partial charge in [0.15, 0.2) is 0 Å². The van der Waals surface area contributed by atoms with Gasteiger partial charge in [-0.2, -0.15) is 0 Å². The molecule has 0 amide bonds. The third-order valence-electron chi connectivity index (χ3n) is 2.10. The molecule has 1 heteroatoms. The lowest BCUT2D eigenvalue weighted by Gasteiger charge is -2.20. The zero-order valence-corrected chi connectivity index (χ0v) is 6.77. The highest BCUT2D eigenvalue weighted by Gasteiger charge is 2.09. The molecule has 0 aromatic carbocycles. The van der Waals surface area contributed by atoms with Crippen LogP contribution in [0, 0.1) is 5.92 Å². The first kappa shape index (κ1) is 7.80. The number of allylic oxidation sites excluding steroid dienone is 2. The van der Waals surface area contributed by atoms with Crippen molar-refractivity contribution >= 4 is 0 Å². The van der Waals surface area contributed by atoms with Crippen LogP contribution in [-0.4, -0.2) is 13.1 Å². The molecular formula is C9H17N. The van der Waals surface area contributed by atoms with Gasteiger partial charge in [0.25, 0.3) is 0 Å². The molecule has 0 spiro atoms. The molecule has 10 heavy (non-hydrogen) atoms. The number of rotatable bonds is 2. The first-order valence-corrected chi connectivity index (χ1v) is 4.25. The fourth-order valence-electron chi connectivity index (χ4n) is 1.45. The smallest absolute Gasteiger partial charge is 0.00175 e. The molecule has 1 atom stereocenters. The molecule has 0 aliphatic carbocycles. The van der Waals surface area contributed by atoms with E-state index in [1.807, 2.05) is 0 Å². The van der Waals surface area contributed by atoms with Gasteiger partial charge in [0.1, 0.15) is 0 Å². The normalized spacial score (nSPS) is 27.5. The second-order valence-electron chi connectivity index (χ2n) is 3.02. The maximum Gasteiger partial charge on any atom is -0.00175 e. The summed E-state index contributed by atoms with van der Waals surface area (Å²) < 4.78 is 0. The van der Waals surface area contributed by atoms with E-state index in [-0.39, 0.29) is 0 Å². The molecule has 0 bridgehead atoms. The standard InChI is InChI=1S/C9H17N/c1-2-3-5-9-6-4-7-10-8-9/h2-3,9-10H,4-8H2,1H3/b3-2-. The largest absolute Gasteiger partial charge is 0.316 e. The highest BCUT2D eigenvalue weighted by molar-refractivity contribution is 4.82. The Balaban J connectivity index is 2.13.